The van der Waals surface area contributed by atoms with Gasteiger partial charge in [0.05, 0.1) is 11.0 Å². The lowest BCUT2D eigenvalue weighted by Gasteiger charge is -2.35. The SMILES string of the molecule is CCC1CCCCN1C(=O)COC(=O)Cn1c2ccccc2c(=O)c2ccccc21. The van der Waals surface area contributed by atoms with Crippen LogP contribution < -0.4 is 5.43 Å². The Morgan fingerprint density at radius 1 is 1.00 bits per heavy atom. The molecule has 1 unspecified atom stereocenters. The minimum atomic E-state index is -0.493. The van der Waals surface area contributed by atoms with E-state index < -0.39 is 5.97 Å². The Hall–Kier alpha value is -3.15. The van der Waals surface area contributed by atoms with Gasteiger partial charge in [0.15, 0.2) is 12.0 Å². The highest BCUT2D eigenvalue weighted by Crippen LogP contribution is 2.21. The number of piperidine rings is 1. The molecule has 6 heteroatoms. The highest BCUT2D eigenvalue weighted by molar-refractivity contribution is 5.94. The standard InChI is InChI=1S/C24H26N2O4/c1-2-17-9-7-8-14-25(17)22(27)16-30-23(28)15-26-20-12-5-3-10-18(20)24(29)19-11-4-6-13-21(19)26/h3-6,10-13,17H,2,7-9,14-16H2,1H3. The summed E-state index contributed by atoms with van der Waals surface area (Å²) in [6.45, 7) is 2.50. The molecule has 0 N–H and O–H groups in total. The molecule has 0 saturated carbocycles. The number of ether oxygens (including phenoxy) is 1. The summed E-state index contributed by atoms with van der Waals surface area (Å²) in [6.07, 6.45) is 4.04. The van der Waals surface area contributed by atoms with E-state index in [2.05, 4.69) is 6.92 Å². The number of pyridine rings is 1. The number of hydrogen-bond acceptors (Lipinski definition) is 4. The summed E-state index contributed by atoms with van der Waals surface area (Å²) in [5, 5.41) is 1.11. The van der Waals surface area contributed by atoms with Crippen LogP contribution in [0.1, 0.15) is 32.6 Å². The van der Waals surface area contributed by atoms with Gasteiger partial charge in [-0.15, -0.1) is 0 Å². The maximum absolute atomic E-state index is 12.8. The molecule has 6 nitrogen and oxygen atoms in total. The van der Waals surface area contributed by atoms with Crippen molar-refractivity contribution in [3.63, 3.8) is 0 Å². The van der Waals surface area contributed by atoms with Crippen molar-refractivity contribution >= 4 is 33.7 Å². The zero-order valence-corrected chi connectivity index (χ0v) is 17.2. The Bertz CT molecular complexity index is 1090. The largest absolute Gasteiger partial charge is 0.454 e. The molecule has 0 bridgehead atoms. The number of rotatable bonds is 5. The first-order chi connectivity index (χ1) is 14.6. The minimum absolute atomic E-state index is 0.0586. The van der Waals surface area contributed by atoms with E-state index in [0.717, 1.165) is 32.2 Å². The van der Waals surface area contributed by atoms with Crippen LogP contribution in [0.15, 0.2) is 53.3 Å². The first-order valence-corrected chi connectivity index (χ1v) is 10.6. The predicted octanol–water partition coefficient (Wildman–Crippen LogP) is 3.49. The second kappa shape index (κ2) is 8.69. The van der Waals surface area contributed by atoms with Crippen molar-refractivity contribution in [3.05, 3.63) is 58.8 Å². The summed E-state index contributed by atoms with van der Waals surface area (Å²) in [5.74, 6) is -0.628. The summed E-state index contributed by atoms with van der Waals surface area (Å²) in [5.41, 5.74) is 1.29. The molecule has 1 amide bonds. The molecule has 0 radical (unpaired) electrons. The fourth-order valence-electron chi connectivity index (χ4n) is 4.40. The van der Waals surface area contributed by atoms with Gasteiger partial charge in [0.2, 0.25) is 0 Å². The average molecular weight is 406 g/mol. The van der Waals surface area contributed by atoms with Crippen LogP contribution in [0, 0.1) is 0 Å². The quantitative estimate of drug-likeness (QED) is 0.480. The van der Waals surface area contributed by atoms with Crippen molar-refractivity contribution in [1.29, 1.82) is 0 Å². The van der Waals surface area contributed by atoms with Gasteiger partial charge in [0.1, 0.15) is 6.54 Å². The van der Waals surface area contributed by atoms with Crippen LogP contribution in [-0.4, -0.2) is 40.5 Å². The summed E-state index contributed by atoms with van der Waals surface area (Å²) in [7, 11) is 0. The van der Waals surface area contributed by atoms with Crippen LogP contribution in [0.5, 0.6) is 0 Å². The number of likely N-dealkylation sites (tertiary alicyclic amines) is 1. The van der Waals surface area contributed by atoms with Gasteiger partial charge in [-0.3, -0.25) is 14.4 Å². The number of benzene rings is 2. The van der Waals surface area contributed by atoms with Gasteiger partial charge in [-0.25, -0.2) is 0 Å². The third-order valence-electron chi connectivity index (χ3n) is 5.94. The molecule has 0 aliphatic carbocycles. The van der Waals surface area contributed by atoms with E-state index in [0.29, 0.717) is 21.8 Å². The Labute approximate surface area is 175 Å². The lowest BCUT2D eigenvalue weighted by molar-refractivity contribution is -0.154. The second-order valence-electron chi connectivity index (χ2n) is 7.76. The number of nitrogens with zero attached hydrogens (tertiary/aromatic N) is 2. The summed E-state index contributed by atoms with van der Waals surface area (Å²) >= 11 is 0. The van der Waals surface area contributed by atoms with Crippen LogP contribution in [0.2, 0.25) is 0 Å². The zero-order valence-electron chi connectivity index (χ0n) is 17.2. The highest BCUT2D eigenvalue weighted by Gasteiger charge is 2.26. The van der Waals surface area contributed by atoms with Crippen LogP contribution in [0.25, 0.3) is 21.8 Å². The Balaban J connectivity index is 1.55. The smallest absolute Gasteiger partial charge is 0.326 e. The van der Waals surface area contributed by atoms with E-state index >= 15 is 0 Å². The number of carbonyl (C=O) groups excluding carboxylic acids is 2. The lowest BCUT2D eigenvalue weighted by Crippen LogP contribution is -2.45. The van der Waals surface area contributed by atoms with Crippen molar-refractivity contribution in [3.8, 4) is 0 Å². The molecular formula is C24H26N2O4. The number of fused-ring (bicyclic) bond motifs is 2. The zero-order chi connectivity index (χ0) is 21.1. The first-order valence-electron chi connectivity index (χ1n) is 10.6. The number of para-hydroxylation sites is 2. The molecular weight excluding hydrogens is 380 g/mol. The Morgan fingerprint density at radius 2 is 1.63 bits per heavy atom. The molecule has 1 saturated heterocycles. The van der Waals surface area contributed by atoms with E-state index in [9.17, 15) is 14.4 Å². The van der Waals surface area contributed by atoms with Gasteiger partial charge in [-0.1, -0.05) is 31.2 Å². The maximum Gasteiger partial charge on any atom is 0.326 e. The van der Waals surface area contributed by atoms with E-state index in [1.54, 1.807) is 16.7 Å². The summed E-state index contributed by atoms with van der Waals surface area (Å²) in [6, 6.07) is 14.7. The third kappa shape index (κ3) is 3.82. The molecule has 1 aliphatic rings. The van der Waals surface area contributed by atoms with Crippen LogP contribution in [0.4, 0.5) is 0 Å². The van der Waals surface area contributed by atoms with Gasteiger partial charge in [-0.2, -0.15) is 0 Å². The molecule has 0 spiro atoms. The Kier molecular flexibility index (Phi) is 5.84. The van der Waals surface area contributed by atoms with Crippen molar-refractivity contribution in [1.82, 2.24) is 9.47 Å². The number of aromatic nitrogens is 1. The van der Waals surface area contributed by atoms with E-state index in [1.807, 2.05) is 41.3 Å². The maximum atomic E-state index is 12.8. The molecule has 4 rings (SSSR count). The van der Waals surface area contributed by atoms with Gasteiger partial charge < -0.3 is 14.2 Å². The van der Waals surface area contributed by atoms with Crippen LogP contribution in [0.3, 0.4) is 0 Å². The van der Waals surface area contributed by atoms with Crippen molar-refractivity contribution in [2.24, 2.45) is 0 Å². The van der Waals surface area contributed by atoms with E-state index in [1.165, 1.54) is 0 Å². The molecule has 1 aromatic heterocycles. The lowest BCUT2D eigenvalue weighted by atomic mass is 10.00. The number of esters is 1. The topological polar surface area (TPSA) is 68.6 Å². The molecule has 1 aliphatic heterocycles. The fourth-order valence-corrected chi connectivity index (χ4v) is 4.40. The number of hydrogen-bond donors (Lipinski definition) is 0. The highest BCUT2D eigenvalue weighted by atomic mass is 16.5. The molecule has 2 aromatic carbocycles. The van der Waals surface area contributed by atoms with Gasteiger partial charge in [0.25, 0.3) is 5.91 Å². The monoisotopic (exact) mass is 406 g/mol. The fraction of sp³-hybridized carbons (Fsp3) is 0.375. The van der Waals surface area contributed by atoms with E-state index in [4.69, 9.17) is 4.74 Å². The third-order valence-corrected chi connectivity index (χ3v) is 5.94. The molecule has 3 aromatic rings. The summed E-state index contributed by atoms with van der Waals surface area (Å²) < 4.78 is 7.14. The normalized spacial score (nSPS) is 16.7. The van der Waals surface area contributed by atoms with Gasteiger partial charge in [-0.05, 0) is 49.9 Å². The molecule has 2 heterocycles. The first kappa shape index (κ1) is 20.1. The van der Waals surface area contributed by atoms with Crippen LogP contribution >= 0.6 is 0 Å². The van der Waals surface area contributed by atoms with Gasteiger partial charge in [0, 0.05) is 23.4 Å². The predicted molar refractivity (Wildman–Crippen MR) is 116 cm³/mol. The minimum Gasteiger partial charge on any atom is -0.454 e. The van der Waals surface area contributed by atoms with E-state index in [-0.39, 0.29) is 30.5 Å². The van der Waals surface area contributed by atoms with Crippen molar-refractivity contribution < 1.29 is 14.3 Å². The Morgan fingerprint density at radius 3 is 2.27 bits per heavy atom. The van der Waals surface area contributed by atoms with Crippen molar-refractivity contribution in [2.45, 2.75) is 45.2 Å². The average Bonchev–Trinajstić information content (AvgIpc) is 2.80. The number of carbonyl (C=O) groups is 2. The number of amides is 1. The van der Waals surface area contributed by atoms with Crippen molar-refractivity contribution in [2.75, 3.05) is 13.2 Å². The van der Waals surface area contributed by atoms with Gasteiger partial charge >= 0.3 is 5.97 Å². The summed E-state index contributed by atoms with van der Waals surface area (Å²) in [4.78, 5) is 39.9. The molecule has 30 heavy (non-hydrogen) atoms. The molecule has 1 atom stereocenters. The second-order valence-corrected chi connectivity index (χ2v) is 7.76. The molecule has 156 valence electrons. The van der Waals surface area contributed by atoms with Crippen LogP contribution in [-0.2, 0) is 20.9 Å². The molecule has 1 fully saturated rings.